The van der Waals surface area contributed by atoms with Crippen molar-refractivity contribution in [2.45, 2.75) is 19.3 Å². The van der Waals surface area contributed by atoms with Crippen LogP contribution in [0.4, 0.5) is 5.69 Å². The van der Waals surface area contributed by atoms with E-state index in [1.54, 1.807) is 24.3 Å². The van der Waals surface area contributed by atoms with Crippen LogP contribution in [-0.2, 0) is 9.59 Å². The molecule has 23 heavy (non-hydrogen) atoms. The van der Waals surface area contributed by atoms with Gasteiger partial charge in [0.05, 0.1) is 6.54 Å². The molecular weight excluding hydrogens is 296 g/mol. The van der Waals surface area contributed by atoms with Crippen LogP contribution in [0.5, 0.6) is 0 Å². The van der Waals surface area contributed by atoms with E-state index < -0.39 is 5.91 Å². The zero-order valence-corrected chi connectivity index (χ0v) is 12.9. The van der Waals surface area contributed by atoms with E-state index in [1.165, 1.54) is 12.8 Å². The standard InChI is InChI=1S/C16H22N4O3/c17-14(21)6-7-19-16(23)12-2-1-3-13(8-12)20-15(22)10-18-9-11-4-5-11/h1-3,8,11,18H,4-7,9-10H2,(H2,17,21)(H,19,23)(H,20,22). The van der Waals surface area contributed by atoms with Gasteiger partial charge in [-0.2, -0.15) is 0 Å². The highest BCUT2D eigenvalue weighted by Gasteiger charge is 2.20. The van der Waals surface area contributed by atoms with Crippen LogP contribution >= 0.6 is 0 Å². The Hall–Kier alpha value is -2.41. The molecule has 2 rings (SSSR count). The summed E-state index contributed by atoms with van der Waals surface area (Å²) in [5.41, 5.74) is 5.99. The van der Waals surface area contributed by atoms with Crippen molar-refractivity contribution in [3.63, 3.8) is 0 Å². The monoisotopic (exact) mass is 318 g/mol. The van der Waals surface area contributed by atoms with Crippen molar-refractivity contribution in [1.82, 2.24) is 10.6 Å². The van der Waals surface area contributed by atoms with Crippen LogP contribution in [0.3, 0.4) is 0 Å². The van der Waals surface area contributed by atoms with Gasteiger partial charge in [0.25, 0.3) is 5.91 Å². The summed E-state index contributed by atoms with van der Waals surface area (Å²) >= 11 is 0. The van der Waals surface area contributed by atoms with E-state index in [4.69, 9.17) is 5.73 Å². The number of hydrogen-bond acceptors (Lipinski definition) is 4. The lowest BCUT2D eigenvalue weighted by molar-refractivity contribution is -0.118. The minimum absolute atomic E-state index is 0.0921. The van der Waals surface area contributed by atoms with Crippen LogP contribution in [0, 0.1) is 5.92 Å². The van der Waals surface area contributed by atoms with Crippen LogP contribution in [-0.4, -0.2) is 37.4 Å². The summed E-state index contributed by atoms with van der Waals surface area (Å²) < 4.78 is 0. The first-order valence-corrected chi connectivity index (χ1v) is 7.71. The minimum atomic E-state index is -0.468. The van der Waals surface area contributed by atoms with E-state index in [9.17, 15) is 14.4 Å². The van der Waals surface area contributed by atoms with E-state index in [2.05, 4.69) is 16.0 Å². The van der Waals surface area contributed by atoms with Gasteiger partial charge in [-0.3, -0.25) is 14.4 Å². The molecule has 0 bridgehead atoms. The average molecular weight is 318 g/mol. The van der Waals surface area contributed by atoms with Crippen molar-refractivity contribution in [2.24, 2.45) is 11.7 Å². The second-order valence-corrected chi connectivity index (χ2v) is 5.68. The fraction of sp³-hybridized carbons (Fsp3) is 0.438. The predicted octanol–water partition coefficient (Wildman–Crippen LogP) is 0.230. The first-order chi connectivity index (χ1) is 11.0. The molecule has 1 aliphatic carbocycles. The van der Waals surface area contributed by atoms with Crippen molar-refractivity contribution in [1.29, 1.82) is 0 Å². The van der Waals surface area contributed by atoms with Gasteiger partial charge < -0.3 is 21.7 Å². The van der Waals surface area contributed by atoms with E-state index in [0.29, 0.717) is 11.3 Å². The highest BCUT2D eigenvalue weighted by atomic mass is 16.2. The van der Waals surface area contributed by atoms with Crippen LogP contribution in [0.2, 0.25) is 0 Å². The zero-order chi connectivity index (χ0) is 16.7. The first-order valence-electron chi connectivity index (χ1n) is 7.71. The second-order valence-electron chi connectivity index (χ2n) is 5.68. The average Bonchev–Trinajstić information content (AvgIpc) is 3.31. The van der Waals surface area contributed by atoms with Crippen molar-refractivity contribution in [3.8, 4) is 0 Å². The second kappa shape index (κ2) is 8.28. The van der Waals surface area contributed by atoms with Crippen molar-refractivity contribution >= 4 is 23.4 Å². The van der Waals surface area contributed by atoms with Gasteiger partial charge in [-0.05, 0) is 43.5 Å². The predicted molar refractivity (Wildman–Crippen MR) is 86.8 cm³/mol. The summed E-state index contributed by atoms with van der Waals surface area (Å²) in [6, 6.07) is 6.65. The SMILES string of the molecule is NC(=O)CCNC(=O)c1cccc(NC(=O)CNCC2CC2)c1. The fourth-order valence-electron chi connectivity index (χ4n) is 2.06. The summed E-state index contributed by atoms with van der Waals surface area (Å²) in [6.45, 7) is 1.32. The van der Waals surface area contributed by atoms with E-state index in [0.717, 1.165) is 12.5 Å². The van der Waals surface area contributed by atoms with Gasteiger partial charge in [0.15, 0.2) is 0 Å². The fourth-order valence-corrected chi connectivity index (χ4v) is 2.06. The third-order valence-corrected chi connectivity index (χ3v) is 3.48. The maximum atomic E-state index is 11.9. The Balaban J connectivity index is 1.79. The summed E-state index contributed by atoms with van der Waals surface area (Å²) in [6.07, 6.45) is 2.57. The molecular formula is C16H22N4O3. The normalized spacial score (nSPS) is 13.4. The van der Waals surface area contributed by atoms with Crippen LogP contribution in [0.1, 0.15) is 29.6 Å². The highest BCUT2D eigenvalue weighted by Crippen LogP contribution is 2.27. The van der Waals surface area contributed by atoms with Gasteiger partial charge in [-0.1, -0.05) is 6.07 Å². The molecule has 0 aromatic heterocycles. The third kappa shape index (κ3) is 6.48. The molecule has 0 atom stereocenters. The molecule has 1 saturated carbocycles. The van der Waals surface area contributed by atoms with Crippen molar-refractivity contribution in [2.75, 3.05) is 25.0 Å². The molecule has 0 aliphatic heterocycles. The molecule has 0 heterocycles. The summed E-state index contributed by atoms with van der Waals surface area (Å²) in [4.78, 5) is 34.4. The molecule has 0 radical (unpaired) electrons. The quantitative estimate of drug-likeness (QED) is 0.522. The molecule has 0 unspecified atom stereocenters. The van der Waals surface area contributed by atoms with Crippen LogP contribution in [0.15, 0.2) is 24.3 Å². The zero-order valence-electron chi connectivity index (χ0n) is 12.9. The van der Waals surface area contributed by atoms with Crippen molar-refractivity contribution in [3.05, 3.63) is 29.8 Å². The lowest BCUT2D eigenvalue weighted by Crippen LogP contribution is -2.30. The Labute approximate surface area is 135 Å². The van der Waals surface area contributed by atoms with Gasteiger partial charge in [0, 0.05) is 24.2 Å². The van der Waals surface area contributed by atoms with Gasteiger partial charge >= 0.3 is 0 Å². The van der Waals surface area contributed by atoms with Gasteiger partial charge in [0.1, 0.15) is 0 Å². The Kier molecular flexibility index (Phi) is 6.10. The number of primary amides is 1. The lowest BCUT2D eigenvalue weighted by Gasteiger charge is -2.08. The number of anilines is 1. The largest absolute Gasteiger partial charge is 0.370 e. The number of carbonyl (C=O) groups excluding carboxylic acids is 3. The van der Waals surface area contributed by atoms with Gasteiger partial charge in [0.2, 0.25) is 11.8 Å². The Morgan fingerprint density at radius 3 is 2.70 bits per heavy atom. The smallest absolute Gasteiger partial charge is 0.251 e. The van der Waals surface area contributed by atoms with E-state index in [1.807, 2.05) is 0 Å². The molecule has 7 heteroatoms. The van der Waals surface area contributed by atoms with Gasteiger partial charge in [-0.15, -0.1) is 0 Å². The minimum Gasteiger partial charge on any atom is -0.370 e. The molecule has 1 aromatic carbocycles. The maximum Gasteiger partial charge on any atom is 0.251 e. The molecule has 0 spiro atoms. The molecule has 7 nitrogen and oxygen atoms in total. The van der Waals surface area contributed by atoms with Crippen LogP contribution < -0.4 is 21.7 Å². The number of rotatable bonds is 9. The summed E-state index contributed by atoms with van der Waals surface area (Å²) in [5, 5.41) is 8.46. The lowest BCUT2D eigenvalue weighted by atomic mass is 10.2. The Morgan fingerprint density at radius 2 is 2.00 bits per heavy atom. The topological polar surface area (TPSA) is 113 Å². The summed E-state index contributed by atoms with van der Waals surface area (Å²) in [5.74, 6) is -0.202. The molecule has 0 saturated heterocycles. The Bertz CT molecular complexity index is 584. The van der Waals surface area contributed by atoms with E-state index in [-0.39, 0.29) is 31.3 Å². The summed E-state index contributed by atoms with van der Waals surface area (Å²) in [7, 11) is 0. The number of carbonyl (C=O) groups is 3. The molecule has 1 aliphatic rings. The maximum absolute atomic E-state index is 11.9. The third-order valence-electron chi connectivity index (χ3n) is 3.48. The number of amides is 3. The molecule has 3 amide bonds. The number of hydrogen-bond donors (Lipinski definition) is 4. The molecule has 1 aromatic rings. The highest BCUT2D eigenvalue weighted by molar-refractivity contribution is 5.97. The number of nitrogens with one attached hydrogen (secondary N) is 3. The molecule has 1 fully saturated rings. The Morgan fingerprint density at radius 1 is 1.22 bits per heavy atom. The molecule has 124 valence electrons. The number of nitrogens with two attached hydrogens (primary N) is 1. The van der Waals surface area contributed by atoms with Crippen molar-refractivity contribution < 1.29 is 14.4 Å². The molecule has 5 N–H and O–H groups in total. The van der Waals surface area contributed by atoms with Gasteiger partial charge in [-0.25, -0.2) is 0 Å². The van der Waals surface area contributed by atoms with Crippen LogP contribution in [0.25, 0.3) is 0 Å². The van der Waals surface area contributed by atoms with E-state index >= 15 is 0 Å². The first kappa shape index (κ1) is 17.0. The number of benzene rings is 1.